The summed E-state index contributed by atoms with van der Waals surface area (Å²) in [5, 5.41) is 2.09. The second-order valence-electron chi connectivity index (χ2n) is 5.89. The molecule has 7 nitrogen and oxygen atoms in total. The second-order valence-corrected chi connectivity index (χ2v) is 6.78. The SMILES string of the molecule is Nc1nc(C(=O)N2CCc3oc(CCc4cccnc4)nc3C2)cs1. The number of carbonyl (C=O) groups excluding carboxylic acids is 1. The Morgan fingerprint density at radius 2 is 2.28 bits per heavy atom. The van der Waals surface area contributed by atoms with E-state index in [1.165, 1.54) is 11.3 Å². The highest BCUT2D eigenvalue weighted by Crippen LogP contribution is 2.23. The topological polar surface area (TPSA) is 98.1 Å². The van der Waals surface area contributed by atoms with Gasteiger partial charge in [-0.1, -0.05) is 6.07 Å². The molecule has 1 aliphatic heterocycles. The van der Waals surface area contributed by atoms with Gasteiger partial charge in [-0.15, -0.1) is 11.3 Å². The first-order valence-corrected chi connectivity index (χ1v) is 8.93. The van der Waals surface area contributed by atoms with Gasteiger partial charge in [0, 0.05) is 37.2 Å². The first kappa shape index (κ1) is 15.8. The maximum absolute atomic E-state index is 12.5. The molecule has 128 valence electrons. The lowest BCUT2D eigenvalue weighted by molar-refractivity contribution is 0.0723. The summed E-state index contributed by atoms with van der Waals surface area (Å²) in [6, 6.07) is 3.96. The number of pyridine rings is 1. The number of nitrogens with zero attached hydrogens (tertiary/aromatic N) is 4. The molecule has 8 heteroatoms. The van der Waals surface area contributed by atoms with E-state index in [0.29, 0.717) is 36.2 Å². The monoisotopic (exact) mass is 355 g/mol. The van der Waals surface area contributed by atoms with E-state index >= 15 is 0 Å². The molecular formula is C17H17N5O2S. The Kier molecular flexibility index (Phi) is 4.19. The van der Waals surface area contributed by atoms with Crippen molar-refractivity contribution in [1.29, 1.82) is 0 Å². The highest BCUT2D eigenvalue weighted by Gasteiger charge is 2.27. The lowest BCUT2D eigenvalue weighted by Crippen LogP contribution is -2.36. The predicted octanol–water partition coefficient (Wildman–Crippen LogP) is 2.09. The molecule has 0 fully saturated rings. The summed E-state index contributed by atoms with van der Waals surface area (Å²) in [7, 11) is 0. The van der Waals surface area contributed by atoms with Crippen molar-refractivity contribution in [1.82, 2.24) is 19.9 Å². The summed E-state index contributed by atoms with van der Waals surface area (Å²) < 4.78 is 5.86. The van der Waals surface area contributed by atoms with Gasteiger partial charge in [-0.05, 0) is 18.1 Å². The van der Waals surface area contributed by atoms with Crippen molar-refractivity contribution in [2.45, 2.75) is 25.8 Å². The zero-order chi connectivity index (χ0) is 17.2. The number of aromatic nitrogens is 3. The first-order valence-electron chi connectivity index (χ1n) is 8.05. The summed E-state index contributed by atoms with van der Waals surface area (Å²) in [5.41, 5.74) is 7.99. The molecule has 0 radical (unpaired) electrons. The average Bonchev–Trinajstić information content (AvgIpc) is 3.25. The van der Waals surface area contributed by atoms with Gasteiger partial charge >= 0.3 is 0 Å². The van der Waals surface area contributed by atoms with Crippen LogP contribution in [-0.2, 0) is 25.8 Å². The number of thiazole rings is 1. The molecule has 4 heterocycles. The van der Waals surface area contributed by atoms with Crippen LogP contribution in [0.4, 0.5) is 5.13 Å². The molecule has 0 atom stereocenters. The molecule has 0 saturated carbocycles. The van der Waals surface area contributed by atoms with Gasteiger partial charge in [0.1, 0.15) is 17.1 Å². The molecule has 2 N–H and O–H groups in total. The number of aryl methyl sites for hydroxylation is 2. The zero-order valence-corrected chi connectivity index (χ0v) is 14.3. The Balaban J connectivity index is 1.43. The molecule has 1 aliphatic rings. The van der Waals surface area contributed by atoms with E-state index in [2.05, 4.69) is 15.0 Å². The summed E-state index contributed by atoms with van der Waals surface area (Å²) in [4.78, 5) is 27.0. The second kappa shape index (κ2) is 6.64. The van der Waals surface area contributed by atoms with E-state index < -0.39 is 0 Å². The minimum absolute atomic E-state index is 0.112. The number of nitrogen functional groups attached to an aromatic ring is 1. The maximum Gasteiger partial charge on any atom is 0.273 e. The van der Waals surface area contributed by atoms with E-state index in [0.717, 1.165) is 29.9 Å². The van der Waals surface area contributed by atoms with Crippen LogP contribution in [0.2, 0.25) is 0 Å². The number of hydrogen-bond acceptors (Lipinski definition) is 7. The van der Waals surface area contributed by atoms with Crippen LogP contribution in [0.25, 0.3) is 0 Å². The normalized spacial score (nSPS) is 13.7. The van der Waals surface area contributed by atoms with Crippen molar-refractivity contribution in [2.24, 2.45) is 0 Å². The zero-order valence-electron chi connectivity index (χ0n) is 13.5. The number of nitrogens with two attached hydrogens (primary N) is 1. The van der Waals surface area contributed by atoms with Crippen molar-refractivity contribution in [3.05, 3.63) is 58.5 Å². The van der Waals surface area contributed by atoms with Crippen LogP contribution < -0.4 is 5.73 Å². The minimum atomic E-state index is -0.112. The molecule has 0 spiro atoms. The van der Waals surface area contributed by atoms with Gasteiger partial charge in [-0.3, -0.25) is 9.78 Å². The first-order chi connectivity index (χ1) is 12.2. The van der Waals surface area contributed by atoms with E-state index in [-0.39, 0.29) is 5.91 Å². The summed E-state index contributed by atoms with van der Waals surface area (Å²) in [6.45, 7) is 1.04. The van der Waals surface area contributed by atoms with Gasteiger partial charge in [0.15, 0.2) is 11.0 Å². The minimum Gasteiger partial charge on any atom is -0.445 e. The van der Waals surface area contributed by atoms with Crippen LogP contribution in [0.3, 0.4) is 0 Å². The third-order valence-corrected chi connectivity index (χ3v) is 4.82. The third kappa shape index (κ3) is 3.39. The number of fused-ring (bicyclic) bond motifs is 1. The van der Waals surface area contributed by atoms with Crippen LogP contribution in [-0.4, -0.2) is 32.3 Å². The van der Waals surface area contributed by atoms with Crippen LogP contribution in [0, 0.1) is 0 Å². The standard InChI is InChI=1S/C17H17N5O2S/c18-17-21-13(10-25-17)16(23)22-7-5-14-12(9-22)20-15(24-14)4-3-11-2-1-6-19-8-11/h1-2,6,8,10H,3-5,7,9H2,(H2,18,21). The Bertz CT molecular complexity index is 890. The lowest BCUT2D eigenvalue weighted by Gasteiger charge is -2.24. The Morgan fingerprint density at radius 1 is 1.36 bits per heavy atom. The summed E-state index contributed by atoms with van der Waals surface area (Å²) in [5.74, 6) is 1.47. The molecule has 0 aromatic carbocycles. The number of amides is 1. The van der Waals surface area contributed by atoms with Crippen molar-refractivity contribution in [3.8, 4) is 0 Å². The number of hydrogen-bond donors (Lipinski definition) is 1. The van der Waals surface area contributed by atoms with Crippen molar-refractivity contribution in [3.63, 3.8) is 0 Å². The fraction of sp³-hybridized carbons (Fsp3) is 0.294. The largest absolute Gasteiger partial charge is 0.445 e. The van der Waals surface area contributed by atoms with Crippen molar-refractivity contribution < 1.29 is 9.21 Å². The Labute approximate surface area is 148 Å². The van der Waals surface area contributed by atoms with Gasteiger partial charge in [-0.25, -0.2) is 9.97 Å². The number of anilines is 1. The maximum atomic E-state index is 12.5. The van der Waals surface area contributed by atoms with E-state index in [4.69, 9.17) is 10.2 Å². The number of carbonyl (C=O) groups is 1. The van der Waals surface area contributed by atoms with Gasteiger partial charge in [0.05, 0.1) is 6.54 Å². The average molecular weight is 355 g/mol. The van der Waals surface area contributed by atoms with E-state index in [1.54, 1.807) is 16.5 Å². The Morgan fingerprint density at radius 3 is 3.04 bits per heavy atom. The highest BCUT2D eigenvalue weighted by atomic mass is 32.1. The van der Waals surface area contributed by atoms with Crippen LogP contribution >= 0.6 is 11.3 Å². The molecule has 4 rings (SSSR count). The molecule has 3 aromatic rings. The van der Waals surface area contributed by atoms with Crippen molar-refractivity contribution >= 4 is 22.4 Å². The predicted molar refractivity (Wildman–Crippen MR) is 93.1 cm³/mol. The van der Waals surface area contributed by atoms with E-state index in [1.807, 2.05) is 18.3 Å². The Hall–Kier alpha value is -2.74. The molecule has 0 saturated heterocycles. The molecule has 0 bridgehead atoms. The summed E-state index contributed by atoms with van der Waals surface area (Å²) >= 11 is 1.27. The number of rotatable bonds is 4. The van der Waals surface area contributed by atoms with Crippen LogP contribution in [0.5, 0.6) is 0 Å². The van der Waals surface area contributed by atoms with Gasteiger partial charge in [0.25, 0.3) is 5.91 Å². The fourth-order valence-electron chi connectivity index (χ4n) is 2.88. The molecule has 3 aromatic heterocycles. The molecular weight excluding hydrogens is 338 g/mol. The van der Waals surface area contributed by atoms with Crippen molar-refractivity contribution in [2.75, 3.05) is 12.3 Å². The third-order valence-electron chi connectivity index (χ3n) is 4.15. The van der Waals surface area contributed by atoms with Gasteiger partial charge in [-0.2, -0.15) is 0 Å². The summed E-state index contributed by atoms with van der Waals surface area (Å²) in [6.07, 6.45) is 5.82. The quantitative estimate of drug-likeness (QED) is 0.769. The number of oxazole rings is 1. The molecule has 0 unspecified atom stereocenters. The molecule has 0 aliphatic carbocycles. The fourth-order valence-corrected chi connectivity index (χ4v) is 3.41. The van der Waals surface area contributed by atoms with Gasteiger partial charge < -0.3 is 15.1 Å². The highest BCUT2D eigenvalue weighted by molar-refractivity contribution is 7.13. The van der Waals surface area contributed by atoms with Crippen LogP contribution in [0.15, 0.2) is 34.3 Å². The van der Waals surface area contributed by atoms with Crippen LogP contribution in [0.1, 0.15) is 33.4 Å². The molecule has 25 heavy (non-hydrogen) atoms. The smallest absolute Gasteiger partial charge is 0.273 e. The lowest BCUT2D eigenvalue weighted by atomic mass is 10.1. The molecule has 1 amide bonds. The van der Waals surface area contributed by atoms with Gasteiger partial charge in [0.2, 0.25) is 0 Å². The van der Waals surface area contributed by atoms with E-state index in [9.17, 15) is 4.79 Å².